The van der Waals surface area contributed by atoms with Crippen molar-refractivity contribution >= 4 is 52.8 Å². The number of hydrogen-bond donors (Lipinski definition) is 1. The lowest BCUT2D eigenvalue weighted by Crippen LogP contribution is -2.39. The number of amides is 1. The van der Waals surface area contributed by atoms with Crippen LogP contribution in [0.2, 0.25) is 10.0 Å². The number of ether oxygens (including phenoxy) is 4. The summed E-state index contributed by atoms with van der Waals surface area (Å²) in [5.41, 5.74) is 1.63. The van der Waals surface area contributed by atoms with Gasteiger partial charge in [-0.3, -0.25) is 14.4 Å². The third-order valence-electron chi connectivity index (χ3n) is 6.30. The number of rotatable bonds is 13. The van der Waals surface area contributed by atoms with Crippen LogP contribution in [-0.2, 0) is 14.4 Å². The van der Waals surface area contributed by atoms with Gasteiger partial charge in [0.1, 0.15) is 5.92 Å². The molecule has 1 unspecified atom stereocenters. The van der Waals surface area contributed by atoms with Gasteiger partial charge in [-0.05, 0) is 65.2 Å². The average molecular weight is 613 g/mol. The number of carbonyl (C=O) groups excluding carboxylic acids is 3. The molecular weight excluding hydrogens is 581 g/mol. The van der Waals surface area contributed by atoms with Gasteiger partial charge in [0.2, 0.25) is 5.91 Å². The molecule has 42 heavy (non-hydrogen) atoms. The number of nitrogens with one attached hydrogen (secondary N) is 1. The number of halogens is 2. The van der Waals surface area contributed by atoms with E-state index in [9.17, 15) is 14.4 Å². The second-order valence-corrected chi connectivity index (χ2v) is 9.87. The zero-order valence-corrected chi connectivity index (χ0v) is 25.3. The summed E-state index contributed by atoms with van der Waals surface area (Å²) < 4.78 is 21.2. The minimum Gasteiger partial charge on any atom is -0.493 e. The fourth-order valence-electron chi connectivity index (χ4n) is 4.26. The van der Waals surface area contributed by atoms with Crippen molar-refractivity contribution in [1.29, 1.82) is 0 Å². The molecule has 8 nitrogen and oxygen atoms in total. The molecule has 0 fully saturated rings. The Kier molecular flexibility index (Phi) is 11.6. The van der Waals surface area contributed by atoms with Crippen molar-refractivity contribution in [3.8, 4) is 23.0 Å². The van der Waals surface area contributed by atoms with Crippen LogP contribution in [0.5, 0.6) is 23.0 Å². The summed E-state index contributed by atoms with van der Waals surface area (Å²) in [4.78, 5) is 39.8. The molecule has 10 heteroatoms. The molecule has 3 aromatic carbocycles. The molecule has 0 bridgehead atoms. The molecule has 0 heterocycles. The normalized spacial score (nSPS) is 11.9. The van der Waals surface area contributed by atoms with Crippen molar-refractivity contribution in [1.82, 2.24) is 5.32 Å². The molecule has 0 spiro atoms. The average Bonchev–Trinajstić information content (AvgIpc) is 2.98. The first-order chi connectivity index (χ1) is 20.1. The molecule has 220 valence electrons. The highest BCUT2D eigenvalue weighted by atomic mass is 35.5. The van der Waals surface area contributed by atoms with Crippen LogP contribution >= 0.6 is 23.2 Å². The summed E-state index contributed by atoms with van der Waals surface area (Å²) in [6, 6.07) is 13.8. The molecule has 0 aliphatic rings. The fourth-order valence-corrected chi connectivity index (χ4v) is 4.79. The van der Waals surface area contributed by atoms with E-state index in [0.717, 1.165) is 0 Å². The summed E-state index contributed by atoms with van der Waals surface area (Å²) in [5, 5.41) is 3.29. The van der Waals surface area contributed by atoms with Crippen LogP contribution in [-0.4, -0.2) is 45.9 Å². The maximum atomic E-state index is 13.8. The van der Waals surface area contributed by atoms with Crippen LogP contribution in [0.4, 0.5) is 0 Å². The van der Waals surface area contributed by atoms with Crippen LogP contribution in [0.25, 0.3) is 12.2 Å². The van der Waals surface area contributed by atoms with E-state index in [2.05, 4.69) is 5.32 Å². The van der Waals surface area contributed by atoms with Crippen molar-refractivity contribution in [2.24, 2.45) is 5.92 Å². The molecule has 0 aliphatic carbocycles. The number of ketones is 2. The van der Waals surface area contributed by atoms with Gasteiger partial charge in [0.05, 0.1) is 34.5 Å². The number of benzene rings is 3. The highest BCUT2D eigenvalue weighted by Crippen LogP contribution is 2.34. The zero-order chi connectivity index (χ0) is 30.8. The summed E-state index contributed by atoms with van der Waals surface area (Å²) in [7, 11) is 6.05. The van der Waals surface area contributed by atoms with Crippen molar-refractivity contribution in [2.45, 2.75) is 13.0 Å². The Morgan fingerprint density at radius 2 is 1.17 bits per heavy atom. The SMILES string of the molecule is COc1ccc(/C=C/C(=O)C(C(=O)/C=C/c2ccc(OC)c(OC)c2)C(NC(C)=O)c2ccc(Cl)cc2Cl)cc1OC. The van der Waals surface area contributed by atoms with Gasteiger partial charge in [0, 0.05) is 17.0 Å². The van der Waals surface area contributed by atoms with E-state index < -0.39 is 29.4 Å². The smallest absolute Gasteiger partial charge is 0.217 e. The molecule has 1 atom stereocenters. The first kappa shape index (κ1) is 32.2. The van der Waals surface area contributed by atoms with Crippen molar-refractivity contribution < 1.29 is 33.3 Å². The van der Waals surface area contributed by atoms with E-state index in [4.69, 9.17) is 42.1 Å². The Balaban J connectivity index is 2.06. The third kappa shape index (κ3) is 8.15. The van der Waals surface area contributed by atoms with Crippen molar-refractivity contribution in [2.75, 3.05) is 28.4 Å². The predicted molar refractivity (Wildman–Crippen MR) is 164 cm³/mol. The lowest BCUT2D eigenvalue weighted by Gasteiger charge is -2.25. The third-order valence-corrected chi connectivity index (χ3v) is 6.86. The van der Waals surface area contributed by atoms with E-state index in [1.54, 1.807) is 60.7 Å². The highest BCUT2D eigenvalue weighted by Gasteiger charge is 2.35. The minimum atomic E-state index is -1.36. The van der Waals surface area contributed by atoms with Crippen molar-refractivity contribution in [3.05, 3.63) is 93.5 Å². The Hall–Kier alpha value is -4.27. The maximum Gasteiger partial charge on any atom is 0.217 e. The van der Waals surface area contributed by atoms with Gasteiger partial charge in [-0.1, -0.05) is 53.6 Å². The molecule has 3 rings (SSSR count). The summed E-state index contributed by atoms with van der Waals surface area (Å²) in [5.74, 6) is -0.934. The second-order valence-electron chi connectivity index (χ2n) is 9.02. The first-order valence-corrected chi connectivity index (χ1v) is 13.5. The molecule has 0 aromatic heterocycles. The maximum absolute atomic E-state index is 13.8. The molecule has 1 amide bonds. The van der Waals surface area contributed by atoms with Crippen LogP contribution < -0.4 is 24.3 Å². The number of methoxy groups -OCH3 is 4. The molecule has 1 N–H and O–H groups in total. The lowest BCUT2D eigenvalue weighted by atomic mass is 9.85. The van der Waals surface area contributed by atoms with Gasteiger partial charge in [0.25, 0.3) is 0 Å². The number of carbonyl (C=O) groups is 3. The highest BCUT2D eigenvalue weighted by molar-refractivity contribution is 6.35. The molecule has 3 aromatic rings. The van der Waals surface area contributed by atoms with Crippen LogP contribution in [0, 0.1) is 5.92 Å². The van der Waals surface area contributed by atoms with E-state index in [1.807, 2.05) is 0 Å². The molecule has 0 saturated carbocycles. The van der Waals surface area contributed by atoms with Crippen LogP contribution in [0.1, 0.15) is 29.7 Å². The largest absolute Gasteiger partial charge is 0.493 e. The Bertz CT molecular complexity index is 1440. The molecular formula is C32H31Cl2NO7. The van der Waals surface area contributed by atoms with Crippen molar-refractivity contribution in [3.63, 3.8) is 0 Å². The number of hydrogen-bond acceptors (Lipinski definition) is 7. The predicted octanol–water partition coefficient (Wildman–Crippen LogP) is 6.39. The summed E-state index contributed by atoms with van der Waals surface area (Å²) in [6.45, 7) is 1.29. The quantitative estimate of drug-likeness (QED) is 0.177. The Morgan fingerprint density at radius 1 is 0.690 bits per heavy atom. The molecule has 0 radical (unpaired) electrons. The summed E-state index contributed by atoms with van der Waals surface area (Å²) >= 11 is 12.6. The van der Waals surface area contributed by atoms with E-state index in [-0.39, 0.29) is 5.02 Å². The zero-order valence-electron chi connectivity index (χ0n) is 23.8. The van der Waals surface area contributed by atoms with Gasteiger partial charge in [-0.15, -0.1) is 0 Å². The number of allylic oxidation sites excluding steroid dienone is 2. The monoisotopic (exact) mass is 611 g/mol. The van der Waals surface area contributed by atoms with Crippen LogP contribution in [0.15, 0.2) is 66.7 Å². The standard InChI is InChI=1S/C32H31Cl2NO7/c1-19(36)35-32(23-11-10-22(33)18-24(23)34)31(25(37)12-6-20-8-14-27(39-2)29(16-20)41-4)26(38)13-7-21-9-15-28(40-3)30(17-21)42-5/h6-18,31-32H,1-5H3,(H,35,36)/b12-6+,13-7+. The first-order valence-electron chi connectivity index (χ1n) is 12.7. The van der Waals surface area contributed by atoms with E-state index in [1.165, 1.54) is 53.6 Å². The second kappa shape index (κ2) is 15.1. The van der Waals surface area contributed by atoms with Gasteiger partial charge in [-0.2, -0.15) is 0 Å². The van der Waals surface area contributed by atoms with Gasteiger partial charge in [0.15, 0.2) is 34.6 Å². The molecule has 0 aliphatic heterocycles. The Labute approximate surface area is 254 Å². The summed E-state index contributed by atoms with van der Waals surface area (Å²) in [6.07, 6.45) is 5.67. The van der Waals surface area contributed by atoms with Crippen LogP contribution in [0.3, 0.4) is 0 Å². The topological polar surface area (TPSA) is 100 Å². The van der Waals surface area contributed by atoms with Gasteiger partial charge < -0.3 is 24.3 Å². The van der Waals surface area contributed by atoms with E-state index >= 15 is 0 Å². The van der Waals surface area contributed by atoms with Gasteiger partial charge in [-0.25, -0.2) is 0 Å². The fraction of sp³-hybridized carbons (Fsp3) is 0.219. The van der Waals surface area contributed by atoms with E-state index in [0.29, 0.717) is 44.7 Å². The van der Waals surface area contributed by atoms with Gasteiger partial charge >= 0.3 is 0 Å². The Morgan fingerprint density at radius 3 is 1.57 bits per heavy atom. The lowest BCUT2D eigenvalue weighted by molar-refractivity contribution is -0.129. The minimum absolute atomic E-state index is 0.194. The molecule has 0 saturated heterocycles.